The number of nitrogens with one attached hydrogen (secondary N) is 2. The summed E-state index contributed by atoms with van der Waals surface area (Å²) in [6.07, 6.45) is -4.20. The molecule has 0 aromatic carbocycles. The van der Waals surface area contributed by atoms with Gasteiger partial charge in [0.1, 0.15) is 12.0 Å². The summed E-state index contributed by atoms with van der Waals surface area (Å²) >= 11 is 0. The number of rotatable bonds is 4. The van der Waals surface area contributed by atoms with Gasteiger partial charge in [-0.2, -0.15) is 18.3 Å². The number of carbonyl (C=O) groups is 2. The lowest BCUT2D eigenvalue weighted by Crippen LogP contribution is -2.53. The number of hydrogen-bond donors (Lipinski definition) is 2. The Balaban J connectivity index is 2.06. The van der Waals surface area contributed by atoms with Crippen LogP contribution in [0.5, 0.6) is 0 Å². The number of alkyl halides is 3. The van der Waals surface area contributed by atoms with E-state index in [0.29, 0.717) is 18.7 Å². The molecule has 1 aliphatic rings. The first kappa shape index (κ1) is 20.4. The summed E-state index contributed by atoms with van der Waals surface area (Å²) in [4.78, 5) is 24.8. The molecule has 0 saturated carbocycles. The third kappa shape index (κ3) is 3.77. The molecule has 1 saturated heterocycles. The molecule has 2 N–H and O–H groups in total. The summed E-state index contributed by atoms with van der Waals surface area (Å²) in [6.45, 7) is 6.33. The van der Waals surface area contributed by atoms with Crippen molar-refractivity contribution < 1.29 is 27.2 Å². The van der Waals surface area contributed by atoms with E-state index >= 15 is 0 Å². The third-order valence-electron chi connectivity index (χ3n) is 5.14. The quantitative estimate of drug-likeness (QED) is 0.795. The van der Waals surface area contributed by atoms with Gasteiger partial charge in [0.05, 0.1) is 19.6 Å². The van der Waals surface area contributed by atoms with E-state index < -0.39 is 23.5 Å². The van der Waals surface area contributed by atoms with E-state index in [2.05, 4.69) is 15.5 Å². The van der Waals surface area contributed by atoms with E-state index in [9.17, 15) is 22.8 Å². The molecule has 0 aliphatic carbocycles. The summed E-state index contributed by atoms with van der Waals surface area (Å²) in [6, 6.07) is 1.22. The van der Waals surface area contributed by atoms with E-state index in [0.717, 1.165) is 19.5 Å². The zero-order chi connectivity index (χ0) is 19.9. The molecule has 0 radical (unpaired) electrons. The van der Waals surface area contributed by atoms with Gasteiger partial charge < -0.3 is 5.32 Å². The molecule has 2 heterocycles. The van der Waals surface area contributed by atoms with Crippen molar-refractivity contribution in [1.29, 1.82) is 0 Å². The van der Waals surface area contributed by atoms with Crippen LogP contribution in [0, 0.1) is 5.41 Å². The van der Waals surface area contributed by atoms with Crippen LogP contribution in [0.1, 0.15) is 56.2 Å². The molecular weight excluding hydrogens is 349 g/mol. The molecule has 0 bridgehead atoms. The molecule has 1 aromatic rings. The van der Waals surface area contributed by atoms with Crippen molar-refractivity contribution in [3.63, 3.8) is 0 Å². The number of aromatic nitrogens is 2. The van der Waals surface area contributed by atoms with Gasteiger partial charge in [-0.1, -0.05) is 13.8 Å². The van der Waals surface area contributed by atoms with Gasteiger partial charge in [0.15, 0.2) is 5.69 Å². The van der Waals surface area contributed by atoms with Crippen molar-refractivity contribution in [3.05, 3.63) is 17.5 Å². The lowest BCUT2D eigenvalue weighted by molar-refractivity contribution is -0.815. The number of likely N-dealkylation sites (tertiary alicyclic amines) is 1. The van der Waals surface area contributed by atoms with Crippen LogP contribution in [0.25, 0.3) is 0 Å². The normalized spacial score (nSPS) is 24.1. The van der Waals surface area contributed by atoms with Gasteiger partial charge >= 0.3 is 12.1 Å². The lowest BCUT2D eigenvalue weighted by Gasteiger charge is -2.29. The van der Waals surface area contributed by atoms with E-state index in [1.807, 2.05) is 13.8 Å². The van der Waals surface area contributed by atoms with Crippen LogP contribution in [0.3, 0.4) is 0 Å². The Morgan fingerprint density at radius 1 is 1.35 bits per heavy atom. The Labute approximate surface area is 150 Å². The number of amides is 2. The Kier molecular flexibility index (Phi) is 5.24. The van der Waals surface area contributed by atoms with Gasteiger partial charge in [-0.3, -0.25) is 14.4 Å². The molecule has 0 spiro atoms. The van der Waals surface area contributed by atoms with Gasteiger partial charge in [0.25, 0.3) is 0 Å². The Hall–Kier alpha value is -1.90. The first-order chi connectivity index (χ1) is 11.8. The monoisotopic (exact) mass is 375 g/mol. The Morgan fingerprint density at radius 3 is 2.46 bits per heavy atom. The van der Waals surface area contributed by atoms with Gasteiger partial charge in [-0.15, -0.1) is 0 Å². The average Bonchev–Trinajstić information content (AvgIpc) is 3.13. The molecule has 2 atom stereocenters. The van der Waals surface area contributed by atoms with Crippen LogP contribution >= 0.6 is 0 Å². The molecule has 1 aromatic heterocycles. The maximum absolute atomic E-state index is 13.0. The number of aromatic amines is 1. The van der Waals surface area contributed by atoms with Gasteiger partial charge in [0.2, 0.25) is 5.91 Å². The molecule has 6 nitrogen and oxygen atoms in total. The van der Waals surface area contributed by atoms with E-state index in [-0.39, 0.29) is 22.9 Å². The fourth-order valence-electron chi connectivity index (χ4n) is 2.93. The standard InChI is InChI=1S/C17H25F3N4O2/c1-10(2)12-8-13(23-22-12)14(25)24(5)7-6-11(9-24)21-15(26)16(3,4)17(18,19)20/h8,10-11H,6-7,9H2,1-5H3,(H-,21,22,23,25,26)/p+1. The molecule has 2 rings (SSSR count). The summed E-state index contributed by atoms with van der Waals surface area (Å²) in [5.74, 6) is -1.08. The van der Waals surface area contributed by atoms with E-state index in [1.54, 1.807) is 13.1 Å². The summed E-state index contributed by atoms with van der Waals surface area (Å²) in [5.41, 5.74) is -1.33. The van der Waals surface area contributed by atoms with E-state index in [1.165, 1.54) is 0 Å². The predicted molar refractivity (Wildman–Crippen MR) is 89.3 cm³/mol. The van der Waals surface area contributed by atoms with Crippen LogP contribution in [0.15, 0.2) is 6.07 Å². The molecule has 1 fully saturated rings. The molecular formula is C17H26F3N4O2+. The van der Waals surface area contributed by atoms with Crippen molar-refractivity contribution >= 4 is 11.8 Å². The van der Waals surface area contributed by atoms with Crippen LogP contribution in [0.2, 0.25) is 0 Å². The number of carbonyl (C=O) groups excluding carboxylic acids is 2. The Morgan fingerprint density at radius 2 is 1.96 bits per heavy atom. The maximum Gasteiger partial charge on any atom is 0.402 e. The highest BCUT2D eigenvalue weighted by Gasteiger charge is 2.54. The zero-order valence-electron chi connectivity index (χ0n) is 15.7. The second-order valence-electron chi connectivity index (χ2n) is 8.05. The van der Waals surface area contributed by atoms with Crippen LogP contribution in [0.4, 0.5) is 13.2 Å². The molecule has 146 valence electrons. The van der Waals surface area contributed by atoms with Gasteiger partial charge in [-0.05, 0) is 25.8 Å². The highest BCUT2D eigenvalue weighted by atomic mass is 19.4. The van der Waals surface area contributed by atoms with Crippen molar-refractivity contribution in [2.45, 2.75) is 52.3 Å². The van der Waals surface area contributed by atoms with Crippen molar-refractivity contribution in [1.82, 2.24) is 15.5 Å². The SMILES string of the molecule is CC(C)c1cc(C(=O)[N+]2(C)CCC(NC(=O)C(C)(C)C(F)(F)F)C2)n[nH]1. The third-order valence-corrected chi connectivity index (χ3v) is 5.14. The molecule has 1 aliphatic heterocycles. The second-order valence-corrected chi connectivity index (χ2v) is 8.05. The minimum atomic E-state index is -4.63. The van der Waals surface area contributed by atoms with Crippen LogP contribution < -0.4 is 5.32 Å². The number of nitrogens with zero attached hydrogens (tertiary/aromatic N) is 2. The maximum atomic E-state index is 13.0. The van der Waals surface area contributed by atoms with Crippen molar-refractivity contribution in [2.75, 3.05) is 20.1 Å². The van der Waals surface area contributed by atoms with E-state index in [4.69, 9.17) is 0 Å². The Bertz CT molecular complexity index is 696. The predicted octanol–water partition coefficient (Wildman–Crippen LogP) is 2.60. The highest BCUT2D eigenvalue weighted by Crippen LogP contribution is 2.38. The fraction of sp³-hybridized carbons (Fsp3) is 0.706. The zero-order valence-corrected chi connectivity index (χ0v) is 15.7. The minimum Gasteiger partial charge on any atom is -0.347 e. The van der Waals surface area contributed by atoms with Crippen molar-refractivity contribution in [2.24, 2.45) is 5.41 Å². The largest absolute Gasteiger partial charge is 0.402 e. The minimum absolute atomic E-state index is 0.000217. The van der Waals surface area contributed by atoms with Gasteiger partial charge in [-0.25, -0.2) is 4.79 Å². The number of halogens is 3. The summed E-state index contributed by atoms with van der Waals surface area (Å²) in [5, 5.41) is 9.35. The number of H-pyrrole nitrogens is 1. The summed E-state index contributed by atoms with van der Waals surface area (Å²) in [7, 11) is 1.72. The number of hydrogen-bond acceptors (Lipinski definition) is 3. The lowest BCUT2D eigenvalue weighted by atomic mass is 9.91. The topological polar surface area (TPSA) is 74.8 Å². The first-order valence-corrected chi connectivity index (χ1v) is 8.60. The number of likely N-dealkylation sites (N-methyl/N-ethyl adjacent to an activating group) is 1. The van der Waals surface area contributed by atoms with Crippen LogP contribution in [-0.2, 0) is 4.79 Å². The fourth-order valence-corrected chi connectivity index (χ4v) is 2.93. The van der Waals surface area contributed by atoms with Crippen LogP contribution in [-0.4, -0.2) is 58.9 Å². The smallest absolute Gasteiger partial charge is 0.347 e. The molecule has 26 heavy (non-hydrogen) atoms. The average molecular weight is 375 g/mol. The van der Waals surface area contributed by atoms with Gasteiger partial charge in [0, 0.05) is 12.1 Å². The first-order valence-electron chi connectivity index (χ1n) is 8.60. The molecule has 2 amide bonds. The highest BCUT2D eigenvalue weighted by molar-refractivity contribution is 5.87. The summed E-state index contributed by atoms with van der Waals surface area (Å²) < 4.78 is 39.0. The van der Waals surface area contributed by atoms with Crippen molar-refractivity contribution in [3.8, 4) is 0 Å². The molecule has 9 heteroatoms. The number of quaternary nitrogens is 1. The molecule has 2 unspecified atom stereocenters. The second kappa shape index (κ2) is 6.68.